The molecule has 0 unspecified atom stereocenters. The van der Waals surface area contributed by atoms with Crippen LogP contribution in [0.25, 0.3) is 17.1 Å². The van der Waals surface area contributed by atoms with Crippen molar-refractivity contribution in [2.24, 2.45) is 0 Å². The predicted molar refractivity (Wildman–Crippen MR) is 113 cm³/mol. The number of rotatable bonds is 8. The van der Waals surface area contributed by atoms with Crippen LogP contribution < -0.4 is 4.74 Å². The SMILES string of the molecule is O=C(CSc1nnc(-c2ccncc2)n1-c1ccc(F)cc1)c1ccc(OC(F)F)cc1. The highest BCUT2D eigenvalue weighted by atomic mass is 32.2. The van der Waals surface area contributed by atoms with Crippen LogP contribution in [0.3, 0.4) is 0 Å². The summed E-state index contributed by atoms with van der Waals surface area (Å²) in [5.41, 5.74) is 1.73. The highest BCUT2D eigenvalue weighted by Gasteiger charge is 2.18. The number of ether oxygens (including phenoxy) is 1. The standard InChI is InChI=1S/C22H15F3N4O2S/c23-16-3-5-17(6-4-16)29-20(15-9-11-26-12-10-15)27-28-22(29)32-13-19(30)14-1-7-18(8-2-14)31-21(24)25/h1-12,21H,13H2. The van der Waals surface area contributed by atoms with Crippen molar-refractivity contribution in [1.82, 2.24) is 19.7 Å². The Morgan fingerprint density at radius 3 is 2.31 bits per heavy atom. The summed E-state index contributed by atoms with van der Waals surface area (Å²) < 4.78 is 44.0. The second kappa shape index (κ2) is 9.65. The van der Waals surface area contributed by atoms with Gasteiger partial charge in [-0.1, -0.05) is 11.8 Å². The second-order valence-corrected chi connectivity index (χ2v) is 7.41. The highest BCUT2D eigenvalue weighted by molar-refractivity contribution is 7.99. The molecule has 10 heteroatoms. The van der Waals surface area contributed by atoms with Gasteiger partial charge in [0.05, 0.1) is 5.75 Å². The second-order valence-electron chi connectivity index (χ2n) is 6.47. The Morgan fingerprint density at radius 1 is 0.969 bits per heavy atom. The van der Waals surface area contributed by atoms with Gasteiger partial charge in [0.15, 0.2) is 16.8 Å². The van der Waals surface area contributed by atoms with Crippen molar-refractivity contribution in [1.29, 1.82) is 0 Å². The Kier molecular flexibility index (Phi) is 6.50. The van der Waals surface area contributed by atoms with E-state index in [1.165, 1.54) is 36.4 Å². The lowest BCUT2D eigenvalue weighted by molar-refractivity contribution is -0.0498. The van der Waals surface area contributed by atoms with Crippen molar-refractivity contribution in [2.45, 2.75) is 11.8 Å². The summed E-state index contributed by atoms with van der Waals surface area (Å²) in [6, 6.07) is 14.9. The molecule has 0 atom stereocenters. The van der Waals surface area contributed by atoms with E-state index in [1.54, 1.807) is 41.2 Å². The quantitative estimate of drug-likeness (QED) is 0.273. The number of carbonyl (C=O) groups is 1. The molecule has 0 fully saturated rings. The van der Waals surface area contributed by atoms with Crippen LogP contribution in [0.1, 0.15) is 10.4 Å². The Bertz CT molecular complexity index is 1200. The van der Waals surface area contributed by atoms with Gasteiger partial charge in [0.2, 0.25) is 0 Å². The Morgan fingerprint density at radius 2 is 1.66 bits per heavy atom. The van der Waals surface area contributed by atoms with Gasteiger partial charge >= 0.3 is 6.61 Å². The number of hydrogen-bond acceptors (Lipinski definition) is 6. The van der Waals surface area contributed by atoms with Gasteiger partial charge in [0, 0.05) is 29.2 Å². The highest BCUT2D eigenvalue weighted by Crippen LogP contribution is 2.28. The molecule has 6 nitrogen and oxygen atoms in total. The maximum Gasteiger partial charge on any atom is 0.387 e. The van der Waals surface area contributed by atoms with E-state index in [4.69, 9.17) is 0 Å². The zero-order chi connectivity index (χ0) is 22.5. The Labute approximate surface area is 185 Å². The van der Waals surface area contributed by atoms with E-state index in [0.717, 1.165) is 17.3 Å². The molecular weight excluding hydrogens is 441 g/mol. The normalized spacial score (nSPS) is 11.0. The number of benzene rings is 2. The fourth-order valence-corrected chi connectivity index (χ4v) is 3.76. The maximum absolute atomic E-state index is 13.4. The van der Waals surface area contributed by atoms with Crippen molar-refractivity contribution < 1.29 is 22.7 Å². The van der Waals surface area contributed by atoms with E-state index in [0.29, 0.717) is 22.2 Å². The molecule has 0 radical (unpaired) electrons. The average Bonchev–Trinajstić information content (AvgIpc) is 3.22. The largest absolute Gasteiger partial charge is 0.435 e. The van der Waals surface area contributed by atoms with Crippen LogP contribution in [-0.4, -0.2) is 37.9 Å². The minimum Gasteiger partial charge on any atom is -0.435 e. The van der Waals surface area contributed by atoms with Gasteiger partial charge in [-0.3, -0.25) is 14.3 Å². The number of nitrogens with zero attached hydrogens (tertiary/aromatic N) is 4. The lowest BCUT2D eigenvalue weighted by Gasteiger charge is -2.10. The zero-order valence-corrected chi connectivity index (χ0v) is 17.2. The fourth-order valence-electron chi connectivity index (χ4n) is 2.91. The zero-order valence-electron chi connectivity index (χ0n) is 16.4. The number of halogens is 3. The number of ketones is 1. The minimum absolute atomic E-state index is 0.0257. The van der Waals surface area contributed by atoms with Crippen LogP contribution in [0.5, 0.6) is 5.75 Å². The number of carbonyl (C=O) groups excluding carboxylic acids is 1. The van der Waals surface area contributed by atoms with Crippen LogP contribution in [0.2, 0.25) is 0 Å². The molecule has 0 saturated carbocycles. The van der Waals surface area contributed by atoms with Gasteiger partial charge in [-0.05, 0) is 60.7 Å². The predicted octanol–water partition coefficient (Wildman–Crippen LogP) is 5.04. The number of Topliss-reactive ketones (excluding diaryl/α,β-unsaturated/α-hetero) is 1. The van der Waals surface area contributed by atoms with Gasteiger partial charge in [0.25, 0.3) is 0 Å². The lowest BCUT2D eigenvalue weighted by atomic mass is 10.1. The molecule has 0 N–H and O–H groups in total. The van der Waals surface area contributed by atoms with Crippen LogP contribution in [0.15, 0.2) is 78.2 Å². The molecular formula is C22H15F3N4O2S. The third-order valence-electron chi connectivity index (χ3n) is 4.39. The van der Waals surface area contributed by atoms with Gasteiger partial charge in [-0.2, -0.15) is 8.78 Å². The van der Waals surface area contributed by atoms with Gasteiger partial charge in [-0.25, -0.2) is 4.39 Å². The van der Waals surface area contributed by atoms with Gasteiger partial charge in [0.1, 0.15) is 11.6 Å². The van der Waals surface area contributed by atoms with Crippen molar-refractivity contribution in [3.8, 4) is 22.8 Å². The summed E-state index contributed by atoms with van der Waals surface area (Å²) >= 11 is 1.16. The fraction of sp³-hybridized carbons (Fsp3) is 0.0909. The summed E-state index contributed by atoms with van der Waals surface area (Å²) in [5.74, 6) is -0.0802. The molecule has 0 aliphatic rings. The number of hydrogen-bond donors (Lipinski definition) is 0. The number of pyridine rings is 1. The summed E-state index contributed by atoms with van der Waals surface area (Å²) in [6.45, 7) is -2.93. The van der Waals surface area contributed by atoms with E-state index >= 15 is 0 Å². The molecule has 162 valence electrons. The summed E-state index contributed by atoms with van der Waals surface area (Å²) in [7, 11) is 0. The van der Waals surface area contributed by atoms with Crippen LogP contribution in [-0.2, 0) is 0 Å². The van der Waals surface area contributed by atoms with Gasteiger partial charge < -0.3 is 4.74 Å². The van der Waals surface area contributed by atoms with Crippen molar-refractivity contribution in [3.63, 3.8) is 0 Å². The summed E-state index contributed by atoms with van der Waals surface area (Å²) in [6.07, 6.45) is 3.24. The maximum atomic E-state index is 13.4. The first-order chi connectivity index (χ1) is 15.5. The third-order valence-corrected chi connectivity index (χ3v) is 5.32. The first-order valence-electron chi connectivity index (χ1n) is 9.34. The number of alkyl halides is 2. The lowest BCUT2D eigenvalue weighted by Crippen LogP contribution is -2.06. The minimum atomic E-state index is -2.93. The van der Waals surface area contributed by atoms with E-state index in [-0.39, 0.29) is 23.1 Å². The van der Waals surface area contributed by atoms with E-state index in [9.17, 15) is 18.0 Å². The van der Waals surface area contributed by atoms with E-state index in [1.807, 2.05) is 0 Å². The molecule has 2 aromatic heterocycles. The van der Waals surface area contributed by atoms with Crippen LogP contribution >= 0.6 is 11.8 Å². The first-order valence-corrected chi connectivity index (χ1v) is 10.3. The monoisotopic (exact) mass is 456 g/mol. The molecule has 4 aromatic rings. The molecule has 32 heavy (non-hydrogen) atoms. The Balaban J connectivity index is 1.58. The average molecular weight is 456 g/mol. The van der Waals surface area contributed by atoms with Crippen LogP contribution in [0, 0.1) is 5.82 Å². The molecule has 4 rings (SSSR count). The molecule has 0 amide bonds. The van der Waals surface area contributed by atoms with Crippen LogP contribution in [0.4, 0.5) is 13.2 Å². The first kappa shape index (κ1) is 21.6. The van der Waals surface area contributed by atoms with Crippen molar-refractivity contribution in [3.05, 3.63) is 84.4 Å². The molecule has 0 bridgehead atoms. The molecule has 2 aromatic carbocycles. The van der Waals surface area contributed by atoms with E-state index in [2.05, 4.69) is 19.9 Å². The molecule has 0 saturated heterocycles. The van der Waals surface area contributed by atoms with Crippen molar-refractivity contribution >= 4 is 17.5 Å². The number of thioether (sulfide) groups is 1. The molecule has 0 aliphatic heterocycles. The molecule has 2 heterocycles. The smallest absolute Gasteiger partial charge is 0.387 e. The Hall–Kier alpha value is -3.66. The number of aromatic nitrogens is 4. The topological polar surface area (TPSA) is 69.9 Å². The molecule has 0 spiro atoms. The van der Waals surface area contributed by atoms with E-state index < -0.39 is 6.61 Å². The third kappa shape index (κ3) is 4.97. The van der Waals surface area contributed by atoms with Crippen molar-refractivity contribution in [2.75, 3.05) is 5.75 Å². The summed E-state index contributed by atoms with van der Waals surface area (Å²) in [5, 5.41) is 8.90. The summed E-state index contributed by atoms with van der Waals surface area (Å²) in [4.78, 5) is 16.6. The molecule has 0 aliphatic carbocycles. The van der Waals surface area contributed by atoms with Gasteiger partial charge in [-0.15, -0.1) is 10.2 Å².